The molecule has 1 heterocycles. The van der Waals surface area contributed by atoms with Crippen molar-refractivity contribution in [1.29, 1.82) is 0 Å². The van der Waals surface area contributed by atoms with Crippen molar-refractivity contribution in [3.63, 3.8) is 0 Å². The first-order valence-corrected chi connectivity index (χ1v) is 5.59. The van der Waals surface area contributed by atoms with E-state index in [2.05, 4.69) is 4.90 Å². The number of carbonyl (C=O) groups is 2. The van der Waals surface area contributed by atoms with Gasteiger partial charge in [0.05, 0.1) is 7.11 Å². The molecule has 1 aliphatic heterocycles. The number of piperidine rings is 1. The zero-order valence-electron chi connectivity index (χ0n) is 9.78. The molecule has 4 heteroatoms. The summed E-state index contributed by atoms with van der Waals surface area (Å²) in [6.45, 7) is 1.57. The summed E-state index contributed by atoms with van der Waals surface area (Å²) in [6.07, 6.45) is 3.49. The highest BCUT2D eigenvalue weighted by molar-refractivity contribution is 5.95. The number of ketones is 1. The van der Waals surface area contributed by atoms with Gasteiger partial charge in [-0.2, -0.15) is 0 Å². The van der Waals surface area contributed by atoms with Gasteiger partial charge in [0.15, 0.2) is 5.78 Å². The lowest BCUT2D eigenvalue weighted by molar-refractivity contribution is -0.153. The summed E-state index contributed by atoms with van der Waals surface area (Å²) in [5, 5.41) is 0. The summed E-state index contributed by atoms with van der Waals surface area (Å²) in [5.74, 6) is -0.0584. The minimum absolute atomic E-state index is 0.138. The molecule has 0 amide bonds. The predicted molar refractivity (Wildman–Crippen MR) is 58.9 cm³/mol. The standard InChI is InChI=1S/C12H17NO3/c1-13-6-4-9-7-10(14)3-5-12(9,8-13)11(15)16-2/h7H,3-6,8H2,1-2H3/t12-/m0/s1. The summed E-state index contributed by atoms with van der Waals surface area (Å²) in [4.78, 5) is 25.5. The molecule has 1 saturated heterocycles. The van der Waals surface area contributed by atoms with E-state index in [9.17, 15) is 9.59 Å². The van der Waals surface area contributed by atoms with Crippen molar-refractivity contribution in [1.82, 2.24) is 4.90 Å². The lowest BCUT2D eigenvalue weighted by atomic mass is 9.68. The van der Waals surface area contributed by atoms with E-state index >= 15 is 0 Å². The summed E-state index contributed by atoms with van der Waals surface area (Å²) >= 11 is 0. The Kier molecular flexibility index (Phi) is 2.84. The van der Waals surface area contributed by atoms with Crippen LogP contribution in [0, 0.1) is 5.41 Å². The van der Waals surface area contributed by atoms with E-state index in [0.29, 0.717) is 19.4 Å². The SMILES string of the molecule is COC(=O)[C@]12CCC(=O)C=C1CCN(C)C2. The quantitative estimate of drug-likeness (QED) is 0.616. The monoisotopic (exact) mass is 223 g/mol. The molecule has 0 aromatic heterocycles. The number of fused-ring (bicyclic) bond motifs is 1. The Hall–Kier alpha value is -1.16. The van der Waals surface area contributed by atoms with E-state index in [1.54, 1.807) is 6.08 Å². The molecule has 0 bridgehead atoms. The van der Waals surface area contributed by atoms with Crippen LogP contribution in [0.15, 0.2) is 11.6 Å². The lowest BCUT2D eigenvalue weighted by Crippen LogP contribution is -2.50. The Morgan fingerprint density at radius 2 is 2.25 bits per heavy atom. The maximum Gasteiger partial charge on any atom is 0.317 e. The number of esters is 1. The van der Waals surface area contributed by atoms with Crippen LogP contribution in [0.3, 0.4) is 0 Å². The number of hydrogen-bond acceptors (Lipinski definition) is 4. The van der Waals surface area contributed by atoms with E-state index < -0.39 is 5.41 Å². The Morgan fingerprint density at radius 3 is 2.94 bits per heavy atom. The minimum atomic E-state index is -0.560. The molecule has 0 N–H and O–H groups in total. The van der Waals surface area contributed by atoms with Gasteiger partial charge in [0.1, 0.15) is 5.41 Å². The Bertz CT molecular complexity index is 361. The number of allylic oxidation sites excluding steroid dienone is 1. The topological polar surface area (TPSA) is 46.6 Å². The van der Waals surface area contributed by atoms with Gasteiger partial charge < -0.3 is 9.64 Å². The van der Waals surface area contributed by atoms with E-state index in [-0.39, 0.29) is 11.8 Å². The third-order valence-corrected chi connectivity index (χ3v) is 3.63. The molecule has 0 saturated carbocycles. The number of methoxy groups -OCH3 is 1. The second kappa shape index (κ2) is 4.01. The molecule has 1 aliphatic carbocycles. The minimum Gasteiger partial charge on any atom is -0.468 e. The van der Waals surface area contributed by atoms with E-state index in [1.165, 1.54) is 7.11 Å². The van der Waals surface area contributed by atoms with Gasteiger partial charge in [-0.05, 0) is 31.5 Å². The third kappa shape index (κ3) is 1.67. The van der Waals surface area contributed by atoms with Gasteiger partial charge in [-0.3, -0.25) is 9.59 Å². The van der Waals surface area contributed by atoms with E-state index in [4.69, 9.17) is 4.74 Å². The molecule has 2 aliphatic rings. The zero-order chi connectivity index (χ0) is 11.8. The lowest BCUT2D eigenvalue weighted by Gasteiger charge is -2.42. The molecule has 4 nitrogen and oxygen atoms in total. The van der Waals surface area contributed by atoms with Crippen LogP contribution in [0.5, 0.6) is 0 Å². The number of carbonyl (C=O) groups excluding carboxylic acids is 2. The van der Waals surface area contributed by atoms with Gasteiger partial charge in [0, 0.05) is 19.5 Å². The van der Waals surface area contributed by atoms with Crippen molar-refractivity contribution < 1.29 is 14.3 Å². The second-order valence-electron chi connectivity index (χ2n) is 4.70. The maximum atomic E-state index is 12.0. The first-order valence-electron chi connectivity index (χ1n) is 5.59. The predicted octanol–water partition coefficient (Wildman–Crippen LogP) is 0.771. The molecule has 0 spiro atoms. The number of likely N-dealkylation sites (tertiary alicyclic amines) is 1. The largest absolute Gasteiger partial charge is 0.468 e. The van der Waals surface area contributed by atoms with Gasteiger partial charge in [-0.25, -0.2) is 0 Å². The highest BCUT2D eigenvalue weighted by Crippen LogP contribution is 2.42. The average molecular weight is 223 g/mol. The van der Waals surface area contributed by atoms with Gasteiger partial charge in [-0.15, -0.1) is 0 Å². The molecule has 0 radical (unpaired) electrons. The van der Waals surface area contributed by atoms with Crippen LogP contribution < -0.4 is 0 Å². The molecule has 1 fully saturated rings. The van der Waals surface area contributed by atoms with E-state index in [1.807, 2.05) is 7.05 Å². The smallest absolute Gasteiger partial charge is 0.317 e. The molecule has 0 aromatic carbocycles. The third-order valence-electron chi connectivity index (χ3n) is 3.63. The fraction of sp³-hybridized carbons (Fsp3) is 0.667. The molecular formula is C12H17NO3. The number of rotatable bonds is 1. The van der Waals surface area contributed by atoms with Crippen LogP contribution >= 0.6 is 0 Å². The summed E-state index contributed by atoms with van der Waals surface area (Å²) in [5.41, 5.74) is 0.407. The number of nitrogens with zero attached hydrogens (tertiary/aromatic N) is 1. The molecule has 88 valence electrons. The number of hydrogen-bond donors (Lipinski definition) is 0. The van der Waals surface area contributed by atoms with Gasteiger partial charge >= 0.3 is 5.97 Å². The first kappa shape index (κ1) is 11.3. The number of ether oxygens (including phenoxy) is 1. The van der Waals surface area contributed by atoms with Gasteiger partial charge in [0.2, 0.25) is 0 Å². The highest BCUT2D eigenvalue weighted by atomic mass is 16.5. The Balaban J connectivity index is 2.38. The molecule has 16 heavy (non-hydrogen) atoms. The molecule has 0 unspecified atom stereocenters. The highest BCUT2D eigenvalue weighted by Gasteiger charge is 2.47. The van der Waals surface area contributed by atoms with Crippen molar-refractivity contribution in [3.8, 4) is 0 Å². The molecular weight excluding hydrogens is 206 g/mol. The van der Waals surface area contributed by atoms with Gasteiger partial charge in [-0.1, -0.05) is 0 Å². The maximum absolute atomic E-state index is 12.0. The first-order chi connectivity index (χ1) is 7.58. The van der Waals surface area contributed by atoms with Crippen LogP contribution in [-0.2, 0) is 14.3 Å². The van der Waals surface area contributed by atoms with Crippen molar-refractivity contribution in [2.75, 3.05) is 27.2 Å². The summed E-state index contributed by atoms with van der Waals surface area (Å²) in [6, 6.07) is 0. The van der Waals surface area contributed by atoms with E-state index in [0.717, 1.165) is 18.5 Å². The fourth-order valence-electron chi connectivity index (χ4n) is 2.74. The fourth-order valence-corrected chi connectivity index (χ4v) is 2.74. The van der Waals surface area contributed by atoms with Crippen LogP contribution in [0.1, 0.15) is 19.3 Å². The van der Waals surface area contributed by atoms with Crippen molar-refractivity contribution >= 4 is 11.8 Å². The zero-order valence-corrected chi connectivity index (χ0v) is 9.78. The van der Waals surface area contributed by atoms with Crippen LogP contribution in [0.4, 0.5) is 0 Å². The van der Waals surface area contributed by atoms with Crippen LogP contribution in [0.2, 0.25) is 0 Å². The summed E-state index contributed by atoms with van der Waals surface area (Å²) < 4.78 is 4.92. The van der Waals surface area contributed by atoms with Gasteiger partial charge in [0.25, 0.3) is 0 Å². The second-order valence-corrected chi connectivity index (χ2v) is 4.70. The molecule has 0 aromatic rings. The molecule has 1 atom stereocenters. The normalized spacial score (nSPS) is 30.6. The van der Waals surface area contributed by atoms with Crippen molar-refractivity contribution in [2.45, 2.75) is 19.3 Å². The van der Waals surface area contributed by atoms with Crippen molar-refractivity contribution in [3.05, 3.63) is 11.6 Å². The van der Waals surface area contributed by atoms with Crippen LogP contribution in [0.25, 0.3) is 0 Å². The van der Waals surface area contributed by atoms with Crippen molar-refractivity contribution in [2.24, 2.45) is 5.41 Å². The molecule has 2 rings (SSSR count). The Labute approximate surface area is 95.2 Å². The average Bonchev–Trinajstić information content (AvgIpc) is 2.28. The summed E-state index contributed by atoms with van der Waals surface area (Å²) in [7, 11) is 3.41. The Morgan fingerprint density at radius 1 is 1.50 bits per heavy atom. The van der Waals surface area contributed by atoms with Crippen LogP contribution in [-0.4, -0.2) is 43.9 Å².